The molecule has 0 fully saturated rings. The van der Waals surface area contributed by atoms with Crippen LogP contribution in [-0.2, 0) is 18.4 Å². The van der Waals surface area contributed by atoms with E-state index in [4.69, 9.17) is 11.6 Å². The third kappa shape index (κ3) is 2.19. The monoisotopic (exact) mass is 175 g/mol. The van der Waals surface area contributed by atoms with Gasteiger partial charge in [-0.3, -0.25) is 4.68 Å². The Bertz CT molecular complexity index is 260. The van der Waals surface area contributed by atoms with Crippen LogP contribution in [0.2, 0.25) is 0 Å². The highest BCUT2D eigenvalue weighted by Crippen LogP contribution is 1.96. The molecule has 1 aromatic rings. The topological polar surface area (TPSA) is 57.0 Å². The number of hydrogen-bond donors (Lipinski definition) is 0. The molecule has 0 N–H and O–H groups in total. The Labute approximate surface area is 67.9 Å². The predicted octanol–water partition coefficient (Wildman–Crippen LogP) is 0.691. The van der Waals surface area contributed by atoms with Crippen LogP contribution in [0.5, 0.6) is 0 Å². The molecule has 1 heterocycles. The van der Waals surface area contributed by atoms with E-state index in [1.54, 1.807) is 7.05 Å². The smallest absolute Gasteiger partial charge is 0.404 e. The summed E-state index contributed by atoms with van der Waals surface area (Å²) in [5.74, 6) is 0.555. The normalized spacial score (nSPS) is 9.64. The van der Waals surface area contributed by atoms with Crippen molar-refractivity contribution in [3.63, 3.8) is 0 Å². The number of aryl methyl sites for hydroxylation is 1. The molecule has 0 spiro atoms. The minimum Gasteiger partial charge on any atom is -0.445 e. The molecule has 0 saturated heterocycles. The zero-order chi connectivity index (χ0) is 8.27. The molecule has 0 aliphatic carbocycles. The van der Waals surface area contributed by atoms with Gasteiger partial charge < -0.3 is 4.74 Å². The van der Waals surface area contributed by atoms with Crippen molar-refractivity contribution in [2.75, 3.05) is 0 Å². The Morgan fingerprint density at radius 3 is 3.09 bits per heavy atom. The summed E-state index contributed by atoms with van der Waals surface area (Å²) in [6.07, 6.45) is 1.37. The van der Waals surface area contributed by atoms with Crippen molar-refractivity contribution in [2.45, 2.75) is 6.61 Å². The summed E-state index contributed by atoms with van der Waals surface area (Å²) in [5.41, 5.74) is -0.840. The molecule has 0 atom stereocenters. The van der Waals surface area contributed by atoms with E-state index in [2.05, 4.69) is 14.8 Å². The van der Waals surface area contributed by atoms with E-state index in [1.165, 1.54) is 11.0 Å². The van der Waals surface area contributed by atoms with Crippen LogP contribution in [0.15, 0.2) is 6.33 Å². The van der Waals surface area contributed by atoms with Gasteiger partial charge in [0.2, 0.25) is 0 Å². The van der Waals surface area contributed by atoms with Gasteiger partial charge in [-0.1, -0.05) is 0 Å². The molecule has 6 heteroatoms. The molecule has 11 heavy (non-hydrogen) atoms. The van der Waals surface area contributed by atoms with Crippen molar-refractivity contribution < 1.29 is 9.53 Å². The largest absolute Gasteiger partial charge is 0.445 e. The van der Waals surface area contributed by atoms with E-state index < -0.39 is 5.43 Å². The third-order valence-electron chi connectivity index (χ3n) is 1.12. The van der Waals surface area contributed by atoms with E-state index in [1.807, 2.05) is 0 Å². The predicted molar refractivity (Wildman–Crippen MR) is 37.0 cm³/mol. The minimum atomic E-state index is -0.840. The Hall–Kier alpha value is -1.10. The lowest BCUT2D eigenvalue weighted by Crippen LogP contribution is -2.03. The summed E-state index contributed by atoms with van der Waals surface area (Å²) in [6, 6.07) is 0. The fraction of sp³-hybridized carbons (Fsp3) is 0.400. The number of halogens is 1. The molecule has 0 amide bonds. The van der Waals surface area contributed by atoms with Gasteiger partial charge >= 0.3 is 5.43 Å². The van der Waals surface area contributed by atoms with Crippen molar-refractivity contribution in [3.8, 4) is 0 Å². The zero-order valence-electron chi connectivity index (χ0n) is 5.82. The molecule has 0 unspecified atom stereocenters. The molecule has 0 saturated carbocycles. The molecular formula is C5H6ClN3O2. The SMILES string of the molecule is Cn1ncnc1COC(=O)Cl. The molecule has 0 radical (unpaired) electrons. The van der Waals surface area contributed by atoms with E-state index in [-0.39, 0.29) is 6.61 Å². The van der Waals surface area contributed by atoms with Crippen LogP contribution in [0.4, 0.5) is 4.79 Å². The van der Waals surface area contributed by atoms with Gasteiger partial charge in [-0.25, -0.2) is 9.78 Å². The highest BCUT2D eigenvalue weighted by atomic mass is 35.5. The van der Waals surface area contributed by atoms with E-state index >= 15 is 0 Å². The maximum Gasteiger partial charge on any atom is 0.404 e. The lowest BCUT2D eigenvalue weighted by molar-refractivity contribution is 0.162. The maximum absolute atomic E-state index is 10.1. The quantitative estimate of drug-likeness (QED) is 0.621. The third-order valence-corrected chi connectivity index (χ3v) is 1.23. The van der Waals surface area contributed by atoms with E-state index in [0.29, 0.717) is 5.82 Å². The average molecular weight is 176 g/mol. The molecule has 0 aromatic carbocycles. The van der Waals surface area contributed by atoms with Crippen LogP contribution >= 0.6 is 11.6 Å². The first-order valence-electron chi connectivity index (χ1n) is 2.85. The fourth-order valence-electron chi connectivity index (χ4n) is 0.572. The zero-order valence-corrected chi connectivity index (χ0v) is 6.58. The number of carbonyl (C=O) groups is 1. The van der Waals surface area contributed by atoms with Crippen LogP contribution in [0.1, 0.15) is 5.82 Å². The average Bonchev–Trinajstić information content (AvgIpc) is 2.31. The highest BCUT2D eigenvalue weighted by molar-refractivity contribution is 6.61. The van der Waals surface area contributed by atoms with E-state index in [0.717, 1.165) is 0 Å². The lowest BCUT2D eigenvalue weighted by Gasteiger charge is -1.97. The first-order valence-corrected chi connectivity index (χ1v) is 3.23. The molecule has 60 valence electrons. The molecule has 5 nitrogen and oxygen atoms in total. The van der Waals surface area contributed by atoms with Crippen LogP contribution in [-0.4, -0.2) is 20.2 Å². The Morgan fingerprint density at radius 1 is 1.91 bits per heavy atom. The van der Waals surface area contributed by atoms with Gasteiger partial charge in [0.05, 0.1) is 0 Å². The van der Waals surface area contributed by atoms with Gasteiger partial charge in [0.25, 0.3) is 0 Å². The van der Waals surface area contributed by atoms with Crippen molar-refractivity contribution >= 4 is 17.0 Å². The Kier molecular flexibility index (Phi) is 2.43. The summed E-state index contributed by atoms with van der Waals surface area (Å²) >= 11 is 4.93. The number of rotatable bonds is 2. The summed E-state index contributed by atoms with van der Waals surface area (Å²) in [4.78, 5) is 13.9. The molecule has 0 aliphatic rings. The second-order valence-electron chi connectivity index (χ2n) is 1.83. The second-order valence-corrected chi connectivity index (χ2v) is 2.13. The second kappa shape index (κ2) is 3.34. The molecule has 0 aliphatic heterocycles. The number of ether oxygens (including phenoxy) is 1. The lowest BCUT2D eigenvalue weighted by atomic mass is 10.6. The highest BCUT2D eigenvalue weighted by Gasteiger charge is 2.02. The van der Waals surface area contributed by atoms with Gasteiger partial charge in [0.15, 0.2) is 12.4 Å². The van der Waals surface area contributed by atoms with Crippen molar-refractivity contribution in [1.29, 1.82) is 0 Å². The number of aromatic nitrogens is 3. The molecular weight excluding hydrogens is 170 g/mol. The first-order chi connectivity index (χ1) is 5.20. The number of carbonyl (C=O) groups excluding carboxylic acids is 1. The van der Waals surface area contributed by atoms with Gasteiger partial charge in [0.1, 0.15) is 6.33 Å². The standard InChI is InChI=1S/C5H6ClN3O2/c1-9-4(7-3-8-9)2-11-5(6)10/h3H,2H2,1H3. The van der Waals surface area contributed by atoms with Gasteiger partial charge in [0, 0.05) is 18.6 Å². The molecule has 1 aromatic heterocycles. The van der Waals surface area contributed by atoms with Crippen LogP contribution in [0, 0.1) is 0 Å². The molecule has 1 rings (SSSR count). The number of hydrogen-bond acceptors (Lipinski definition) is 4. The van der Waals surface area contributed by atoms with Crippen molar-refractivity contribution in [1.82, 2.24) is 14.8 Å². The summed E-state index contributed by atoms with van der Waals surface area (Å²) in [7, 11) is 1.70. The molecule has 0 bridgehead atoms. The summed E-state index contributed by atoms with van der Waals surface area (Å²) in [5, 5.41) is 3.77. The minimum absolute atomic E-state index is 0.0544. The number of nitrogens with zero attached hydrogens (tertiary/aromatic N) is 3. The van der Waals surface area contributed by atoms with Gasteiger partial charge in [-0.05, 0) is 0 Å². The van der Waals surface area contributed by atoms with E-state index in [9.17, 15) is 4.79 Å². The Morgan fingerprint density at radius 2 is 2.64 bits per heavy atom. The first kappa shape index (κ1) is 8.00. The van der Waals surface area contributed by atoms with Crippen LogP contribution < -0.4 is 0 Å². The maximum atomic E-state index is 10.1. The van der Waals surface area contributed by atoms with Crippen LogP contribution in [0.3, 0.4) is 0 Å². The van der Waals surface area contributed by atoms with Gasteiger partial charge in [-0.15, -0.1) is 0 Å². The van der Waals surface area contributed by atoms with Crippen molar-refractivity contribution in [2.24, 2.45) is 7.05 Å². The summed E-state index contributed by atoms with van der Waals surface area (Å²) < 4.78 is 5.97. The van der Waals surface area contributed by atoms with Crippen molar-refractivity contribution in [3.05, 3.63) is 12.2 Å². The summed E-state index contributed by atoms with van der Waals surface area (Å²) in [6.45, 7) is 0.0544. The Balaban J connectivity index is 2.51. The van der Waals surface area contributed by atoms with Gasteiger partial charge in [-0.2, -0.15) is 5.10 Å². The fourth-order valence-corrected chi connectivity index (χ4v) is 0.627. The van der Waals surface area contributed by atoms with Crippen LogP contribution in [0.25, 0.3) is 0 Å².